The van der Waals surface area contributed by atoms with Crippen LogP contribution in [0.2, 0.25) is 0 Å². The molecule has 0 aromatic heterocycles. The molecule has 2 amide bonds. The predicted molar refractivity (Wildman–Crippen MR) is 132 cm³/mol. The SMILES string of the molecule is Cc1cccc(NC2=C(c3ccc(OC(C)C)cc3)C(=O)N(c3ccc(C)c(C)c3)C2=O)c1. The van der Waals surface area contributed by atoms with E-state index < -0.39 is 0 Å². The summed E-state index contributed by atoms with van der Waals surface area (Å²) in [5, 5.41) is 3.22. The molecule has 4 rings (SSSR count). The Bertz CT molecular complexity index is 1260. The summed E-state index contributed by atoms with van der Waals surface area (Å²) >= 11 is 0. The lowest BCUT2D eigenvalue weighted by Crippen LogP contribution is -2.32. The number of carbonyl (C=O) groups is 2. The minimum absolute atomic E-state index is 0.0450. The lowest BCUT2D eigenvalue weighted by atomic mass is 10.0. The smallest absolute Gasteiger partial charge is 0.282 e. The Hall–Kier alpha value is -3.86. The van der Waals surface area contributed by atoms with Gasteiger partial charge < -0.3 is 10.1 Å². The zero-order valence-electron chi connectivity index (χ0n) is 19.6. The van der Waals surface area contributed by atoms with Gasteiger partial charge in [-0.15, -0.1) is 0 Å². The number of imide groups is 1. The van der Waals surface area contributed by atoms with Gasteiger partial charge in [0.2, 0.25) is 0 Å². The second kappa shape index (κ2) is 8.94. The number of ether oxygens (including phenoxy) is 1. The van der Waals surface area contributed by atoms with Gasteiger partial charge in [-0.25, -0.2) is 4.90 Å². The number of hydrogen-bond acceptors (Lipinski definition) is 4. The number of aryl methyl sites for hydroxylation is 3. The summed E-state index contributed by atoms with van der Waals surface area (Å²) < 4.78 is 5.74. The molecule has 0 unspecified atom stereocenters. The summed E-state index contributed by atoms with van der Waals surface area (Å²) in [7, 11) is 0. The van der Waals surface area contributed by atoms with Crippen molar-refractivity contribution in [3.63, 3.8) is 0 Å². The van der Waals surface area contributed by atoms with Crippen molar-refractivity contribution >= 4 is 28.8 Å². The van der Waals surface area contributed by atoms with E-state index in [9.17, 15) is 9.59 Å². The van der Waals surface area contributed by atoms with Gasteiger partial charge in [-0.05, 0) is 93.3 Å². The maximum absolute atomic E-state index is 13.6. The third kappa shape index (κ3) is 4.53. The van der Waals surface area contributed by atoms with Crippen LogP contribution in [0.1, 0.15) is 36.1 Å². The molecule has 0 aliphatic carbocycles. The molecule has 1 heterocycles. The highest BCUT2D eigenvalue weighted by molar-refractivity contribution is 6.46. The van der Waals surface area contributed by atoms with Crippen molar-refractivity contribution in [2.75, 3.05) is 10.2 Å². The second-order valence-electron chi connectivity index (χ2n) is 8.65. The van der Waals surface area contributed by atoms with Crippen LogP contribution in [0.3, 0.4) is 0 Å². The van der Waals surface area contributed by atoms with E-state index in [4.69, 9.17) is 4.74 Å². The van der Waals surface area contributed by atoms with Gasteiger partial charge in [0.05, 0.1) is 17.4 Å². The molecular formula is C28H28N2O3. The molecule has 0 saturated heterocycles. The number of rotatable bonds is 6. The highest BCUT2D eigenvalue weighted by Crippen LogP contribution is 2.35. The van der Waals surface area contributed by atoms with E-state index >= 15 is 0 Å². The zero-order chi connectivity index (χ0) is 23.7. The van der Waals surface area contributed by atoms with Crippen molar-refractivity contribution in [1.82, 2.24) is 0 Å². The standard InChI is InChI=1S/C28H28N2O3/c1-17(2)33-24-13-10-21(11-14-24)25-26(29-22-8-6-7-18(3)15-22)28(32)30(27(25)31)23-12-9-19(4)20(5)16-23/h6-17,29H,1-5H3. The molecule has 3 aromatic carbocycles. The van der Waals surface area contributed by atoms with E-state index in [1.54, 1.807) is 0 Å². The van der Waals surface area contributed by atoms with E-state index in [1.165, 1.54) is 4.90 Å². The number of carbonyl (C=O) groups excluding carboxylic acids is 2. The van der Waals surface area contributed by atoms with E-state index in [1.807, 2.05) is 101 Å². The van der Waals surface area contributed by atoms with Crippen LogP contribution >= 0.6 is 0 Å². The number of amides is 2. The summed E-state index contributed by atoms with van der Waals surface area (Å²) in [5.41, 5.74) is 5.76. The zero-order valence-corrected chi connectivity index (χ0v) is 19.6. The quantitative estimate of drug-likeness (QED) is 0.493. The molecule has 5 heteroatoms. The lowest BCUT2D eigenvalue weighted by molar-refractivity contribution is -0.120. The molecule has 168 valence electrons. The highest BCUT2D eigenvalue weighted by Gasteiger charge is 2.40. The minimum atomic E-state index is -0.373. The van der Waals surface area contributed by atoms with E-state index in [-0.39, 0.29) is 23.6 Å². The number of nitrogens with one attached hydrogen (secondary N) is 1. The number of benzene rings is 3. The van der Waals surface area contributed by atoms with Gasteiger partial charge in [-0.1, -0.05) is 30.3 Å². The molecule has 0 atom stereocenters. The first-order valence-electron chi connectivity index (χ1n) is 11.1. The maximum Gasteiger partial charge on any atom is 0.282 e. The Morgan fingerprint density at radius 2 is 1.55 bits per heavy atom. The van der Waals surface area contributed by atoms with Crippen molar-refractivity contribution in [2.24, 2.45) is 0 Å². The minimum Gasteiger partial charge on any atom is -0.491 e. The average Bonchev–Trinajstić information content (AvgIpc) is 3.00. The Balaban J connectivity index is 1.79. The maximum atomic E-state index is 13.6. The Labute approximate surface area is 194 Å². The predicted octanol–water partition coefficient (Wildman–Crippen LogP) is 5.80. The van der Waals surface area contributed by atoms with Gasteiger partial charge in [0, 0.05) is 5.69 Å². The summed E-state index contributed by atoms with van der Waals surface area (Å²) in [5.74, 6) is -0.0106. The lowest BCUT2D eigenvalue weighted by Gasteiger charge is -2.17. The van der Waals surface area contributed by atoms with Crippen LogP contribution in [0.15, 0.2) is 72.4 Å². The molecule has 0 saturated carbocycles. The summed E-state index contributed by atoms with van der Waals surface area (Å²) in [4.78, 5) is 28.4. The number of anilines is 2. The first-order valence-corrected chi connectivity index (χ1v) is 11.1. The summed E-state index contributed by atoms with van der Waals surface area (Å²) in [6.45, 7) is 9.87. The molecule has 5 nitrogen and oxygen atoms in total. The van der Waals surface area contributed by atoms with Crippen LogP contribution in [-0.4, -0.2) is 17.9 Å². The van der Waals surface area contributed by atoms with E-state index in [0.29, 0.717) is 22.6 Å². The molecule has 33 heavy (non-hydrogen) atoms. The normalized spacial score (nSPS) is 13.8. The van der Waals surface area contributed by atoms with Gasteiger partial charge in [0.15, 0.2) is 0 Å². The van der Waals surface area contributed by atoms with Crippen LogP contribution in [0, 0.1) is 20.8 Å². The van der Waals surface area contributed by atoms with Gasteiger partial charge in [0.25, 0.3) is 11.8 Å². The van der Waals surface area contributed by atoms with Crippen molar-refractivity contribution in [3.05, 3.63) is 94.7 Å². The van der Waals surface area contributed by atoms with Crippen LogP contribution in [-0.2, 0) is 9.59 Å². The molecule has 1 aliphatic rings. The van der Waals surface area contributed by atoms with Gasteiger partial charge in [-0.3, -0.25) is 9.59 Å². The second-order valence-corrected chi connectivity index (χ2v) is 8.65. The first-order chi connectivity index (χ1) is 15.7. The van der Waals surface area contributed by atoms with Gasteiger partial charge in [-0.2, -0.15) is 0 Å². The molecule has 1 N–H and O–H groups in total. The molecule has 1 aliphatic heterocycles. The van der Waals surface area contributed by atoms with Crippen LogP contribution in [0.25, 0.3) is 5.57 Å². The van der Waals surface area contributed by atoms with Crippen LogP contribution < -0.4 is 15.0 Å². The van der Waals surface area contributed by atoms with Gasteiger partial charge in [0.1, 0.15) is 11.4 Å². The average molecular weight is 441 g/mol. The Morgan fingerprint density at radius 1 is 0.818 bits per heavy atom. The molecule has 0 bridgehead atoms. The van der Waals surface area contributed by atoms with Crippen molar-refractivity contribution in [1.29, 1.82) is 0 Å². The Kier molecular flexibility index (Phi) is 6.05. The third-order valence-corrected chi connectivity index (χ3v) is 5.63. The summed E-state index contributed by atoms with van der Waals surface area (Å²) in [6.07, 6.45) is 0.0450. The monoisotopic (exact) mass is 440 g/mol. The van der Waals surface area contributed by atoms with Gasteiger partial charge >= 0.3 is 0 Å². The van der Waals surface area contributed by atoms with E-state index in [2.05, 4.69) is 5.32 Å². The third-order valence-electron chi connectivity index (χ3n) is 5.63. The molecular weight excluding hydrogens is 412 g/mol. The number of nitrogens with zero attached hydrogens (tertiary/aromatic N) is 1. The van der Waals surface area contributed by atoms with Crippen molar-refractivity contribution < 1.29 is 14.3 Å². The summed E-state index contributed by atoms with van der Waals surface area (Å²) in [6, 6.07) is 20.6. The fourth-order valence-electron chi connectivity index (χ4n) is 3.85. The fraction of sp³-hybridized carbons (Fsp3) is 0.214. The van der Waals surface area contributed by atoms with Crippen LogP contribution in [0.4, 0.5) is 11.4 Å². The number of hydrogen-bond donors (Lipinski definition) is 1. The van der Waals surface area contributed by atoms with Crippen molar-refractivity contribution in [3.8, 4) is 5.75 Å². The Morgan fingerprint density at radius 3 is 2.18 bits per heavy atom. The molecule has 0 fully saturated rings. The molecule has 3 aromatic rings. The van der Waals surface area contributed by atoms with Crippen LogP contribution in [0.5, 0.6) is 5.75 Å². The molecule has 0 radical (unpaired) electrons. The fourth-order valence-corrected chi connectivity index (χ4v) is 3.85. The van der Waals surface area contributed by atoms with Crippen molar-refractivity contribution in [2.45, 2.75) is 40.7 Å². The largest absolute Gasteiger partial charge is 0.491 e. The van der Waals surface area contributed by atoms with E-state index in [0.717, 1.165) is 22.4 Å². The molecule has 0 spiro atoms. The topological polar surface area (TPSA) is 58.6 Å². The highest BCUT2D eigenvalue weighted by atomic mass is 16.5. The first kappa shape index (κ1) is 22.3.